The van der Waals surface area contributed by atoms with Gasteiger partial charge in [0.05, 0.1) is 0 Å². The van der Waals surface area contributed by atoms with Crippen LogP contribution in [0.25, 0.3) is 0 Å². The molecule has 0 aliphatic rings. The van der Waals surface area contributed by atoms with Crippen LogP contribution in [0.5, 0.6) is 0 Å². The highest BCUT2D eigenvalue weighted by Gasteiger charge is 1.99. The standard InChI is InChI=1S/C5H10OS2/c1-3-5(6)8-4(2)7/h5-6H,3H2,1-2H3. The van der Waals surface area contributed by atoms with Crippen LogP contribution >= 0.6 is 24.0 Å². The van der Waals surface area contributed by atoms with E-state index in [0.717, 1.165) is 10.6 Å². The van der Waals surface area contributed by atoms with Crippen LogP contribution in [0.1, 0.15) is 20.3 Å². The summed E-state index contributed by atoms with van der Waals surface area (Å²) >= 11 is 6.08. The smallest absolute Gasteiger partial charge is 0.104 e. The number of aliphatic hydroxyl groups excluding tert-OH is 1. The molecular formula is C5H10OS2. The molecule has 3 heteroatoms. The fourth-order valence-corrected chi connectivity index (χ4v) is 1.16. The average molecular weight is 150 g/mol. The van der Waals surface area contributed by atoms with E-state index in [1.54, 1.807) is 0 Å². The maximum Gasteiger partial charge on any atom is 0.104 e. The molecule has 0 bridgehead atoms. The first-order chi connectivity index (χ1) is 3.66. The van der Waals surface area contributed by atoms with Gasteiger partial charge in [0, 0.05) is 4.20 Å². The second kappa shape index (κ2) is 4.30. The molecule has 0 saturated heterocycles. The first-order valence-corrected chi connectivity index (χ1v) is 3.81. The minimum Gasteiger partial charge on any atom is -0.382 e. The molecule has 0 spiro atoms. The van der Waals surface area contributed by atoms with Crippen molar-refractivity contribution in [1.82, 2.24) is 0 Å². The van der Waals surface area contributed by atoms with Gasteiger partial charge in [-0.1, -0.05) is 30.9 Å². The van der Waals surface area contributed by atoms with Crippen LogP contribution in [0.15, 0.2) is 0 Å². The zero-order valence-electron chi connectivity index (χ0n) is 5.05. The van der Waals surface area contributed by atoms with E-state index in [9.17, 15) is 0 Å². The number of thiocarbonyl (C=S) groups is 1. The average Bonchev–Trinajstić information content (AvgIpc) is 1.65. The number of thioether (sulfide) groups is 1. The molecule has 0 heterocycles. The molecule has 0 aromatic rings. The third-order valence-electron chi connectivity index (χ3n) is 0.651. The van der Waals surface area contributed by atoms with Crippen LogP contribution in [0.3, 0.4) is 0 Å². The van der Waals surface area contributed by atoms with Gasteiger partial charge in [-0.25, -0.2) is 0 Å². The van der Waals surface area contributed by atoms with Crippen molar-refractivity contribution in [3.63, 3.8) is 0 Å². The van der Waals surface area contributed by atoms with Crippen LogP contribution in [0, 0.1) is 0 Å². The Hall–Kier alpha value is 0.400. The highest BCUT2D eigenvalue weighted by atomic mass is 32.2. The van der Waals surface area contributed by atoms with Gasteiger partial charge in [-0.3, -0.25) is 0 Å². The van der Waals surface area contributed by atoms with E-state index in [1.807, 2.05) is 13.8 Å². The van der Waals surface area contributed by atoms with Gasteiger partial charge >= 0.3 is 0 Å². The molecule has 8 heavy (non-hydrogen) atoms. The van der Waals surface area contributed by atoms with E-state index < -0.39 is 0 Å². The highest BCUT2D eigenvalue weighted by molar-refractivity contribution is 8.23. The third kappa shape index (κ3) is 4.56. The molecule has 0 aromatic heterocycles. The van der Waals surface area contributed by atoms with Gasteiger partial charge in [-0.2, -0.15) is 0 Å². The number of hydrogen-bond acceptors (Lipinski definition) is 3. The molecule has 1 N–H and O–H groups in total. The van der Waals surface area contributed by atoms with Crippen molar-refractivity contribution in [2.75, 3.05) is 0 Å². The van der Waals surface area contributed by atoms with Crippen LogP contribution < -0.4 is 0 Å². The van der Waals surface area contributed by atoms with E-state index in [-0.39, 0.29) is 5.44 Å². The molecule has 0 aromatic carbocycles. The largest absolute Gasteiger partial charge is 0.382 e. The first-order valence-electron chi connectivity index (χ1n) is 2.52. The van der Waals surface area contributed by atoms with Gasteiger partial charge in [0.2, 0.25) is 0 Å². The summed E-state index contributed by atoms with van der Waals surface area (Å²) in [5.41, 5.74) is -0.299. The number of hydrogen-bond donors (Lipinski definition) is 1. The molecule has 0 amide bonds. The molecule has 0 aliphatic heterocycles. The maximum atomic E-state index is 8.90. The Morgan fingerprint density at radius 1 is 1.88 bits per heavy atom. The molecule has 1 unspecified atom stereocenters. The molecule has 1 nitrogen and oxygen atoms in total. The van der Waals surface area contributed by atoms with E-state index in [1.165, 1.54) is 11.8 Å². The van der Waals surface area contributed by atoms with Gasteiger partial charge in [-0.15, -0.1) is 0 Å². The Kier molecular flexibility index (Phi) is 4.51. The maximum absolute atomic E-state index is 8.90. The normalized spacial score (nSPS) is 13.4. The van der Waals surface area contributed by atoms with Crippen molar-refractivity contribution in [3.8, 4) is 0 Å². The van der Waals surface area contributed by atoms with Crippen molar-refractivity contribution < 1.29 is 5.11 Å². The summed E-state index contributed by atoms with van der Waals surface area (Å²) in [4.78, 5) is 0. The monoisotopic (exact) mass is 150 g/mol. The van der Waals surface area contributed by atoms with E-state index in [2.05, 4.69) is 0 Å². The van der Waals surface area contributed by atoms with E-state index in [0.29, 0.717) is 0 Å². The van der Waals surface area contributed by atoms with E-state index >= 15 is 0 Å². The summed E-state index contributed by atoms with van der Waals surface area (Å²) in [5.74, 6) is 0. The summed E-state index contributed by atoms with van der Waals surface area (Å²) in [6, 6.07) is 0. The van der Waals surface area contributed by atoms with Gasteiger partial charge in [0.15, 0.2) is 0 Å². The highest BCUT2D eigenvalue weighted by Crippen LogP contribution is 2.12. The molecule has 0 saturated carbocycles. The van der Waals surface area contributed by atoms with Gasteiger partial charge in [0.25, 0.3) is 0 Å². The van der Waals surface area contributed by atoms with Crippen molar-refractivity contribution in [3.05, 3.63) is 0 Å². The van der Waals surface area contributed by atoms with Crippen molar-refractivity contribution >= 4 is 28.2 Å². The van der Waals surface area contributed by atoms with E-state index in [4.69, 9.17) is 17.3 Å². The molecule has 0 fully saturated rings. The lowest BCUT2D eigenvalue weighted by molar-refractivity contribution is 0.260. The molecule has 0 rings (SSSR count). The van der Waals surface area contributed by atoms with Crippen molar-refractivity contribution in [1.29, 1.82) is 0 Å². The predicted octanol–water partition coefficient (Wildman–Crippen LogP) is 1.80. The minimum absolute atomic E-state index is 0.299. The Morgan fingerprint density at radius 2 is 2.38 bits per heavy atom. The number of aliphatic hydroxyl groups is 1. The van der Waals surface area contributed by atoms with Crippen LogP contribution in [-0.4, -0.2) is 14.7 Å². The lowest BCUT2D eigenvalue weighted by Crippen LogP contribution is -1.99. The third-order valence-corrected chi connectivity index (χ3v) is 1.88. The fourth-order valence-electron chi connectivity index (χ4n) is 0.275. The Balaban J connectivity index is 3.24. The molecule has 0 aliphatic carbocycles. The second-order valence-corrected chi connectivity index (χ2v) is 3.74. The summed E-state index contributed by atoms with van der Waals surface area (Å²) in [7, 11) is 0. The Labute approximate surface area is 59.5 Å². The molecule has 1 atom stereocenters. The zero-order valence-corrected chi connectivity index (χ0v) is 6.68. The lowest BCUT2D eigenvalue weighted by atomic mass is 10.5. The quantitative estimate of drug-likeness (QED) is 0.479. The van der Waals surface area contributed by atoms with Crippen molar-refractivity contribution in [2.45, 2.75) is 25.7 Å². The Morgan fingerprint density at radius 3 is 2.50 bits per heavy atom. The minimum atomic E-state index is -0.299. The predicted molar refractivity (Wildman–Crippen MR) is 42.2 cm³/mol. The molecule has 48 valence electrons. The van der Waals surface area contributed by atoms with Crippen LogP contribution in [-0.2, 0) is 0 Å². The van der Waals surface area contributed by atoms with Crippen molar-refractivity contribution in [2.24, 2.45) is 0 Å². The lowest BCUT2D eigenvalue weighted by Gasteiger charge is -2.02. The van der Waals surface area contributed by atoms with Crippen LogP contribution in [0.2, 0.25) is 0 Å². The molecular weight excluding hydrogens is 140 g/mol. The number of rotatable bonds is 2. The summed E-state index contributed by atoms with van der Waals surface area (Å²) in [6.07, 6.45) is 0.763. The SMILES string of the molecule is CCC(O)SC(C)=S. The van der Waals surface area contributed by atoms with Gasteiger partial charge in [0.1, 0.15) is 5.44 Å². The zero-order chi connectivity index (χ0) is 6.57. The fraction of sp³-hybridized carbons (Fsp3) is 0.800. The summed E-state index contributed by atoms with van der Waals surface area (Å²) < 4.78 is 0.805. The Bertz CT molecular complexity index is 82.5. The van der Waals surface area contributed by atoms with Gasteiger partial charge < -0.3 is 5.11 Å². The molecule has 0 radical (unpaired) electrons. The second-order valence-electron chi connectivity index (χ2n) is 1.47. The topological polar surface area (TPSA) is 20.2 Å². The summed E-state index contributed by atoms with van der Waals surface area (Å²) in [6.45, 7) is 3.74. The first kappa shape index (κ1) is 8.40. The summed E-state index contributed by atoms with van der Waals surface area (Å²) in [5, 5.41) is 8.90. The van der Waals surface area contributed by atoms with Crippen LogP contribution in [0.4, 0.5) is 0 Å². The van der Waals surface area contributed by atoms with Gasteiger partial charge in [-0.05, 0) is 13.3 Å².